The minimum Gasteiger partial charge on any atom is -0.494 e. The van der Waals surface area contributed by atoms with Crippen LogP contribution in [0.15, 0.2) is 66.7 Å². The third-order valence-corrected chi connectivity index (χ3v) is 7.97. The van der Waals surface area contributed by atoms with Crippen LogP contribution in [-0.4, -0.2) is 40.6 Å². The van der Waals surface area contributed by atoms with Crippen LogP contribution in [0, 0.1) is 5.82 Å². The van der Waals surface area contributed by atoms with Gasteiger partial charge in [-0.25, -0.2) is 9.07 Å². The Bertz CT molecular complexity index is 1590. The minimum atomic E-state index is -1.17. The van der Waals surface area contributed by atoms with Crippen molar-refractivity contribution in [2.45, 2.75) is 31.1 Å². The summed E-state index contributed by atoms with van der Waals surface area (Å²) in [6.45, 7) is 1.58. The van der Waals surface area contributed by atoms with Crippen LogP contribution < -0.4 is 9.64 Å². The molecule has 0 saturated carbocycles. The van der Waals surface area contributed by atoms with Crippen LogP contribution in [0.3, 0.4) is 0 Å². The van der Waals surface area contributed by atoms with Crippen molar-refractivity contribution in [3.63, 3.8) is 0 Å². The normalized spacial score (nSPS) is 22.1. The van der Waals surface area contributed by atoms with Crippen molar-refractivity contribution in [2.75, 3.05) is 18.6 Å². The molecule has 0 spiro atoms. The standard InChI is InChI=1S/C29H24Cl2FN3O4/c1-16-27-25-26(33-35(27)23-5-3-4-6-24(23)38-2)28(37)34(19-11-12-22(32)21(31)13-19)29(25,14-20(15-36)39-16)17-7-9-18(30)10-8-17/h3-13,16,20,36H,14-15H2,1-2H3. The Morgan fingerprint density at radius 2 is 1.90 bits per heavy atom. The monoisotopic (exact) mass is 567 g/mol. The first-order valence-corrected chi connectivity index (χ1v) is 13.1. The van der Waals surface area contributed by atoms with Gasteiger partial charge in [-0.15, -0.1) is 0 Å². The SMILES string of the molecule is COc1ccccc1-n1nc2c3c1C(C)OC(CO)CC3(c1ccc(Cl)cc1)N(c1ccc(F)c(Cl)c1)C2=O. The van der Waals surface area contributed by atoms with Crippen molar-refractivity contribution >= 4 is 34.8 Å². The summed E-state index contributed by atoms with van der Waals surface area (Å²) >= 11 is 12.5. The predicted molar refractivity (Wildman–Crippen MR) is 146 cm³/mol. The van der Waals surface area contributed by atoms with Crippen LogP contribution in [0.2, 0.25) is 10.0 Å². The zero-order valence-corrected chi connectivity index (χ0v) is 22.6. The van der Waals surface area contributed by atoms with Gasteiger partial charge in [0, 0.05) is 22.7 Å². The number of ether oxygens (including phenoxy) is 2. The van der Waals surface area contributed by atoms with Gasteiger partial charge in [0.2, 0.25) is 0 Å². The lowest BCUT2D eigenvalue weighted by molar-refractivity contribution is -0.0395. The number of benzene rings is 3. The average Bonchev–Trinajstić information content (AvgIpc) is 3.40. The van der Waals surface area contributed by atoms with Gasteiger partial charge < -0.3 is 14.6 Å². The molecule has 4 aromatic rings. The molecular formula is C29H24Cl2FN3O4. The number of halogens is 3. The maximum atomic E-state index is 14.4. The summed E-state index contributed by atoms with van der Waals surface area (Å²) in [4.78, 5) is 15.9. The summed E-state index contributed by atoms with van der Waals surface area (Å²) < 4.78 is 27.9. The lowest BCUT2D eigenvalue weighted by Gasteiger charge is -2.40. The summed E-state index contributed by atoms with van der Waals surface area (Å²) in [6.07, 6.45) is -0.998. The summed E-state index contributed by atoms with van der Waals surface area (Å²) in [5.41, 5.74) is 2.09. The van der Waals surface area contributed by atoms with Gasteiger partial charge in [-0.05, 0) is 55.0 Å². The Hall–Kier alpha value is -3.43. The summed E-state index contributed by atoms with van der Waals surface area (Å²) in [5, 5.41) is 15.6. The lowest BCUT2D eigenvalue weighted by atomic mass is 9.78. The van der Waals surface area contributed by atoms with Crippen LogP contribution in [0.4, 0.5) is 10.1 Å². The molecule has 6 rings (SSSR count). The topological polar surface area (TPSA) is 76.8 Å². The Kier molecular flexibility index (Phi) is 6.38. The number of hydrogen-bond acceptors (Lipinski definition) is 5. The molecule has 10 heteroatoms. The van der Waals surface area contributed by atoms with Gasteiger partial charge in [0.15, 0.2) is 5.69 Å². The highest BCUT2D eigenvalue weighted by molar-refractivity contribution is 6.31. The Morgan fingerprint density at radius 1 is 1.15 bits per heavy atom. The molecule has 3 aromatic carbocycles. The van der Waals surface area contributed by atoms with E-state index in [1.165, 1.54) is 18.2 Å². The van der Waals surface area contributed by atoms with E-state index in [1.54, 1.807) is 28.8 Å². The van der Waals surface area contributed by atoms with E-state index in [2.05, 4.69) is 0 Å². The number of carbonyl (C=O) groups is 1. The zero-order valence-electron chi connectivity index (χ0n) is 21.1. The number of amides is 1. The van der Waals surface area contributed by atoms with E-state index in [0.717, 1.165) is 5.56 Å². The lowest BCUT2D eigenvalue weighted by Crippen LogP contribution is -2.48. The van der Waals surface area contributed by atoms with Crippen molar-refractivity contribution in [2.24, 2.45) is 0 Å². The van der Waals surface area contributed by atoms with E-state index in [9.17, 15) is 14.3 Å². The number of anilines is 1. The molecule has 1 N–H and O–H groups in total. The van der Waals surface area contributed by atoms with Crippen molar-refractivity contribution < 1.29 is 23.8 Å². The zero-order chi connectivity index (χ0) is 27.5. The molecule has 0 bridgehead atoms. The smallest absolute Gasteiger partial charge is 0.280 e. The average molecular weight is 568 g/mol. The van der Waals surface area contributed by atoms with Crippen molar-refractivity contribution in [3.05, 3.63) is 105 Å². The molecule has 0 radical (unpaired) electrons. The number of nitrogens with zero attached hydrogens (tertiary/aromatic N) is 3. The summed E-state index contributed by atoms with van der Waals surface area (Å²) in [5.74, 6) is -0.418. The van der Waals surface area contributed by atoms with E-state index in [4.69, 9.17) is 37.8 Å². The number of rotatable bonds is 5. The summed E-state index contributed by atoms with van der Waals surface area (Å²) in [7, 11) is 1.57. The highest BCUT2D eigenvalue weighted by Crippen LogP contribution is 2.55. The maximum absolute atomic E-state index is 14.4. The molecule has 3 atom stereocenters. The highest BCUT2D eigenvalue weighted by atomic mass is 35.5. The van der Waals surface area contributed by atoms with Gasteiger partial charge in [0.1, 0.15) is 22.8 Å². The first-order valence-electron chi connectivity index (χ1n) is 12.4. The van der Waals surface area contributed by atoms with E-state index in [1.807, 2.05) is 43.3 Å². The van der Waals surface area contributed by atoms with E-state index < -0.39 is 23.6 Å². The van der Waals surface area contributed by atoms with Crippen LogP contribution in [0.5, 0.6) is 5.75 Å². The fraction of sp³-hybridized carbons (Fsp3) is 0.241. The predicted octanol–water partition coefficient (Wildman–Crippen LogP) is 6.07. The number of para-hydroxylation sites is 2. The molecule has 2 aliphatic rings. The fourth-order valence-corrected chi connectivity index (χ4v) is 6.15. The third kappa shape index (κ3) is 3.85. The molecule has 39 heavy (non-hydrogen) atoms. The molecule has 0 saturated heterocycles. The molecular weight excluding hydrogens is 544 g/mol. The molecule has 1 aromatic heterocycles. The van der Waals surface area contributed by atoms with E-state index in [0.29, 0.717) is 33.4 Å². The number of carbonyl (C=O) groups excluding carboxylic acids is 1. The van der Waals surface area contributed by atoms with Gasteiger partial charge >= 0.3 is 0 Å². The highest BCUT2D eigenvalue weighted by Gasteiger charge is 2.58. The van der Waals surface area contributed by atoms with Gasteiger partial charge in [0.25, 0.3) is 5.91 Å². The van der Waals surface area contributed by atoms with Crippen molar-refractivity contribution in [3.8, 4) is 11.4 Å². The maximum Gasteiger partial charge on any atom is 0.280 e. The van der Waals surface area contributed by atoms with Crippen LogP contribution in [0.1, 0.15) is 46.8 Å². The second kappa shape index (κ2) is 9.64. The quantitative estimate of drug-likeness (QED) is 0.316. The van der Waals surface area contributed by atoms with Crippen LogP contribution in [0.25, 0.3) is 5.69 Å². The number of methoxy groups -OCH3 is 1. The van der Waals surface area contributed by atoms with Crippen molar-refractivity contribution in [1.82, 2.24) is 9.78 Å². The largest absolute Gasteiger partial charge is 0.494 e. The minimum absolute atomic E-state index is 0.118. The fourth-order valence-electron chi connectivity index (χ4n) is 5.85. The number of aliphatic hydroxyl groups excluding tert-OH is 1. The van der Waals surface area contributed by atoms with Gasteiger partial charge in [-0.3, -0.25) is 9.69 Å². The Morgan fingerprint density at radius 3 is 2.59 bits per heavy atom. The van der Waals surface area contributed by atoms with Gasteiger partial charge in [-0.1, -0.05) is 47.5 Å². The molecule has 3 heterocycles. The number of hydrogen-bond donors (Lipinski definition) is 1. The second-order valence-corrected chi connectivity index (χ2v) is 10.4. The Balaban J connectivity index is 1.72. The van der Waals surface area contributed by atoms with Gasteiger partial charge in [0.05, 0.1) is 36.6 Å². The molecule has 7 nitrogen and oxygen atoms in total. The second-order valence-electron chi connectivity index (χ2n) is 9.59. The first-order chi connectivity index (χ1) is 18.8. The molecule has 1 amide bonds. The molecule has 0 aliphatic carbocycles. The molecule has 2 aliphatic heterocycles. The van der Waals surface area contributed by atoms with E-state index >= 15 is 0 Å². The number of aliphatic hydroxyl groups is 1. The van der Waals surface area contributed by atoms with Crippen LogP contribution in [-0.2, 0) is 10.3 Å². The van der Waals surface area contributed by atoms with Crippen LogP contribution >= 0.6 is 23.2 Å². The summed E-state index contributed by atoms with van der Waals surface area (Å²) in [6, 6.07) is 18.7. The Labute approximate surface area is 234 Å². The van der Waals surface area contributed by atoms with Crippen molar-refractivity contribution in [1.29, 1.82) is 0 Å². The molecule has 200 valence electrons. The molecule has 3 unspecified atom stereocenters. The molecule has 0 fully saturated rings. The first kappa shape index (κ1) is 25.8. The third-order valence-electron chi connectivity index (χ3n) is 7.43. The van der Waals surface area contributed by atoms with Gasteiger partial charge in [-0.2, -0.15) is 5.10 Å². The van der Waals surface area contributed by atoms with E-state index in [-0.39, 0.29) is 29.7 Å². The number of aromatic nitrogens is 2.